The molecule has 0 bridgehead atoms. The van der Waals surface area contributed by atoms with Gasteiger partial charge in [-0.3, -0.25) is 0 Å². The fourth-order valence-corrected chi connectivity index (χ4v) is 3.73. The van der Waals surface area contributed by atoms with Gasteiger partial charge < -0.3 is 15.0 Å². The first kappa shape index (κ1) is 14.4. The van der Waals surface area contributed by atoms with Gasteiger partial charge in [0.15, 0.2) is 0 Å². The summed E-state index contributed by atoms with van der Waals surface area (Å²) in [5, 5.41) is 0. The molecular weight excluding hydrogens is 262 g/mol. The van der Waals surface area contributed by atoms with Crippen LogP contribution in [0.15, 0.2) is 18.2 Å². The van der Waals surface area contributed by atoms with Crippen molar-refractivity contribution in [3.8, 4) is 5.75 Å². The SMILES string of the molecule is CCn1c(C2(N)CCCC(C)C2)nc2cc(OC)ccc21. The summed E-state index contributed by atoms with van der Waals surface area (Å²) in [5.41, 5.74) is 8.61. The van der Waals surface area contributed by atoms with Gasteiger partial charge in [-0.25, -0.2) is 4.98 Å². The van der Waals surface area contributed by atoms with Gasteiger partial charge in [-0.15, -0.1) is 0 Å². The highest BCUT2D eigenvalue weighted by molar-refractivity contribution is 5.78. The van der Waals surface area contributed by atoms with E-state index in [0.717, 1.165) is 42.0 Å². The Balaban J connectivity index is 2.13. The summed E-state index contributed by atoms with van der Waals surface area (Å²) in [5.74, 6) is 2.56. The molecule has 4 heteroatoms. The maximum Gasteiger partial charge on any atom is 0.130 e. The second kappa shape index (κ2) is 5.34. The van der Waals surface area contributed by atoms with Crippen molar-refractivity contribution >= 4 is 11.0 Å². The van der Waals surface area contributed by atoms with E-state index in [0.29, 0.717) is 5.92 Å². The van der Waals surface area contributed by atoms with Crippen LogP contribution in [0.1, 0.15) is 45.4 Å². The number of ether oxygens (including phenoxy) is 1. The molecule has 1 aliphatic carbocycles. The molecule has 2 aromatic rings. The Morgan fingerprint density at radius 2 is 2.29 bits per heavy atom. The van der Waals surface area contributed by atoms with Crippen molar-refractivity contribution in [3.05, 3.63) is 24.0 Å². The van der Waals surface area contributed by atoms with Gasteiger partial charge in [-0.1, -0.05) is 19.8 Å². The number of imidazole rings is 1. The predicted octanol–water partition coefficient (Wildman–Crippen LogP) is 3.43. The van der Waals surface area contributed by atoms with E-state index < -0.39 is 0 Å². The number of nitrogens with zero attached hydrogens (tertiary/aromatic N) is 2. The zero-order valence-corrected chi connectivity index (χ0v) is 13.2. The van der Waals surface area contributed by atoms with Gasteiger partial charge in [0.1, 0.15) is 11.6 Å². The first-order valence-corrected chi connectivity index (χ1v) is 7.91. The normalized spacial score (nSPS) is 26.2. The molecule has 0 aliphatic heterocycles. The minimum atomic E-state index is -0.292. The summed E-state index contributed by atoms with van der Waals surface area (Å²) in [6.45, 7) is 5.35. The Labute approximate surface area is 126 Å². The zero-order chi connectivity index (χ0) is 15.0. The minimum absolute atomic E-state index is 0.292. The van der Waals surface area contributed by atoms with Crippen molar-refractivity contribution in [2.75, 3.05) is 7.11 Å². The first-order chi connectivity index (χ1) is 10.1. The Bertz CT molecular complexity index is 649. The van der Waals surface area contributed by atoms with Crippen LogP contribution in [0.3, 0.4) is 0 Å². The summed E-state index contributed by atoms with van der Waals surface area (Å²) in [7, 11) is 1.69. The lowest BCUT2D eigenvalue weighted by Gasteiger charge is -2.36. The Morgan fingerprint density at radius 1 is 1.48 bits per heavy atom. The van der Waals surface area contributed by atoms with Crippen LogP contribution >= 0.6 is 0 Å². The fraction of sp³-hybridized carbons (Fsp3) is 0.588. The van der Waals surface area contributed by atoms with Crippen LogP contribution < -0.4 is 10.5 Å². The van der Waals surface area contributed by atoms with E-state index in [9.17, 15) is 0 Å². The number of rotatable bonds is 3. The minimum Gasteiger partial charge on any atom is -0.497 e. The van der Waals surface area contributed by atoms with E-state index >= 15 is 0 Å². The first-order valence-electron chi connectivity index (χ1n) is 7.91. The van der Waals surface area contributed by atoms with Crippen molar-refractivity contribution in [2.24, 2.45) is 11.7 Å². The zero-order valence-electron chi connectivity index (χ0n) is 13.2. The quantitative estimate of drug-likeness (QED) is 0.941. The van der Waals surface area contributed by atoms with Crippen LogP contribution in [0.25, 0.3) is 11.0 Å². The molecule has 0 spiro atoms. The van der Waals surface area contributed by atoms with Crippen LogP contribution in [0.2, 0.25) is 0 Å². The molecule has 21 heavy (non-hydrogen) atoms. The van der Waals surface area contributed by atoms with Crippen molar-refractivity contribution in [3.63, 3.8) is 0 Å². The third-order valence-corrected chi connectivity index (χ3v) is 4.75. The van der Waals surface area contributed by atoms with Gasteiger partial charge in [0.2, 0.25) is 0 Å². The Hall–Kier alpha value is -1.55. The van der Waals surface area contributed by atoms with Crippen molar-refractivity contribution in [2.45, 2.75) is 51.6 Å². The lowest BCUT2D eigenvalue weighted by Crippen LogP contribution is -2.43. The second-order valence-electron chi connectivity index (χ2n) is 6.39. The van der Waals surface area contributed by atoms with Crippen molar-refractivity contribution in [1.82, 2.24) is 9.55 Å². The number of aryl methyl sites for hydroxylation is 1. The maximum absolute atomic E-state index is 6.77. The van der Waals surface area contributed by atoms with Gasteiger partial charge in [-0.05, 0) is 37.8 Å². The van der Waals surface area contributed by atoms with Crippen LogP contribution in [-0.2, 0) is 12.1 Å². The third kappa shape index (κ3) is 2.42. The maximum atomic E-state index is 6.77. The molecule has 1 aliphatic rings. The highest BCUT2D eigenvalue weighted by atomic mass is 16.5. The van der Waals surface area contributed by atoms with Crippen molar-refractivity contribution < 1.29 is 4.74 Å². The summed E-state index contributed by atoms with van der Waals surface area (Å²) < 4.78 is 7.58. The molecule has 2 atom stereocenters. The molecule has 1 heterocycles. The molecular formula is C17H25N3O. The lowest BCUT2D eigenvalue weighted by molar-refractivity contribution is 0.223. The van der Waals surface area contributed by atoms with Crippen LogP contribution in [0.5, 0.6) is 5.75 Å². The number of methoxy groups -OCH3 is 1. The van der Waals surface area contributed by atoms with E-state index in [1.54, 1.807) is 7.11 Å². The summed E-state index contributed by atoms with van der Waals surface area (Å²) in [4.78, 5) is 4.88. The highest BCUT2D eigenvalue weighted by Crippen LogP contribution is 2.38. The topological polar surface area (TPSA) is 53.1 Å². The highest BCUT2D eigenvalue weighted by Gasteiger charge is 2.37. The molecule has 3 rings (SSSR count). The number of hydrogen-bond donors (Lipinski definition) is 1. The fourth-order valence-electron chi connectivity index (χ4n) is 3.73. The van der Waals surface area contributed by atoms with Gasteiger partial charge in [0.05, 0.1) is 23.7 Å². The van der Waals surface area contributed by atoms with Crippen LogP contribution in [0, 0.1) is 5.92 Å². The van der Waals surface area contributed by atoms with E-state index in [4.69, 9.17) is 15.5 Å². The molecule has 4 nitrogen and oxygen atoms in total. The van der Waals surface area contributed by atoms with Gasteiger partial charge in [0, 0.05) is 12.6 Å². The van der Waals surface area contributed by atoms with E-state index in [2.05, 4.69) is 24.5 Å². The molecule has 1 fully saturated rings. The van der Waals surface area contributed by atoms with Crippen LogP contribution in [0.4, 0.5) is 0 Å². The summed E-state index contributed by atoms with van der Waals surface area (Å²) in [6, 6.07) is 6.08. The second-order valence-corrected chi connectivity index (χ2v) is 6.39. The Kier molecular flexibility index (Phi) is 3.66. The molecule has 2 unspecified atom stereocenters. The standard InChI is InChI=1S/C17H25N3O/c1-4-20-15-8-7-13(21-3)10-14(15)19-16(20)17(18)9-5-6-12(2)11-17/h7-8,10,12H,4-6,9,11,18H2,1-3H3. The lowest BCUT2D eigenvalue weighted by atomic mass is 9.76. The molecule has 1 aromatic heterocycles. The number of nitrogens with two attached hydrogens (primary N) is 1. The average molecular weight is 287 g/mol. The number of benzene rings is 1. The largest absolute Gasteiger partial charge is 0.497 e. The monoisotopic (exact) mass is 287 g/mol. The average Bonchev–Trinajstić information content (AvgIpc) is 2.85. The molecule has 1 aromatic carbocycles. The Morgan fingerprint density at radius 3 is 2.95 bits per heavy atom. The summed E-state index contributed by atoms with van der Waals surface area (Å²) in [6.07, 6.45) is 4.51. The molecule has 114 valence electrons. The molecule has 0 amide bonds. The summed E-state index contributed by atoms with van der Waals surface area (Å²) >= 11 is 0. The van der Waals surface area contributed by atoms with E-state index in [1.807, 2.05) is 12.1 Å². The van der Waals surface area contributed by atoms with Gasteiger partial charge in [0.25, 0.3) is 0 Å². The predicted molar refractivity (Wildman–Crippen MR) is 85.5 cm³/mol. The van der Waals surface area contributed by atoms with E-state index in [1.165, 1.54) is 12.8 Å². The van der Waals surface area contributed by atoms with Gasteiger partial charge in [-0.2, -0.15) is 0 Å². The third-order valence-electron chi connectivity index (χ3n) is 4.75. The number of aromatic nitrogens is 2. The number of hydrogen-bond acceptors (Lipinski definition) is 3. The van der Waals surface area contributed by atoms with Crippen LogP contribution in [-0.4, -0.2) is 16.7 Å². The molecule has 2 N–H and O–H groups in total. The smallest absolute Gasteiger partial charge is 0.130 e. The van der Waals surface area contributed by atoms with E-state index in [-0.39, 0.29) is 5.54 Å². The molecule has 1 saturated carbocycles. The number of fused-ring (bicyclic) bond motifs is 1. The molecule has 0 radical (unpaired) electrons. The molecule has 0 saturated heterocycles. The van der Waals surface area contributed by atoms with Gasteiger partial charge >= 0.3 is 0 Å². The van der Waals surface area contributed by atoms with Crippen molar-refractivity contribution in [1.29, 1.82) is 0 Å².